The number of aromatic nitrogens is 3. The molecule has 1 aromatic heterocycles. The number of nitrogens with two attached hydrogens (primary N) is 1. The Morgan fingerprint density at radius 2 is 2.00 bits per heavy atom. The summed E-state index contributed by atoms with van der Waals surface area (Å²) >= 11 is 1.19. The van der Waals surface area contributed by atoms with Crippen molar-refractivity contribution in [1.29, 1.82) is 0 Å². The second-order valence-electron chi connectivity index (χ2n) is 6.47. The summed E-state index contributed by atoms with van der Waals surface area (Å²) in [4.78, 5) is 12.2. The van der Waals surface area contributed by atoms with Crippen LogP contribution in [0.1, 0.15) is 18.9 Å². The lowest BCUT2D eigenvalue weighted by Gasteiger charge is -2.13. The Balaban J connectivity index is 1.49. The molecule has 1 amide bonds. The highest BCUT2D eigenvalue weighted by atomic mass is 32.2. The van der Waals surface area contributed by atoms with Crippen molar-refractivity contribution in [3.63, 3.8) is 0 Å². The molecule has 146 valence electrons. The summed E-state index contributed by atoms with van der Waals surface area (Å²) in [6, 6.07) is 16.2. The van der Waals surface area contributed by atoms with Crippen LogP contribution in [0.4, 0.5) is 4.39 Å². The molecule has 6 nitrogen and oxygen atoms in total. The maximum absolute atomic E-state index is 13.4. The van der Waals surface area contributed by atoms with E-state index in [1.54, 1.807) is 12.1 Å². The van der Waals surface area contributed by atoms with Gasteiger partial charge >= 0.3 is 0 Å². The fourth-order valence-corrected chi connectivity index (χ4v) is 3.41. The molecule has 0 bridgehead atoms. The Morgan fingerprint density at radius 1 is 1.21 bits per heavy atom. The highest BCUT2D eigenvalue weighted by Crippen LogP contribution is 2.22. The van der Waals surface area contributed by atoms with Crippen LogP contribution in [-0.2, 0) is 11.2 Å². The van der Waals surface area contributed by atoms with Gasteiger partial charge in [0.05, 0.1) is 5.75 Å². The minimum absolute atomic E-state index is 0.0620. The summed E-state index contributed by atoms with van der Waals surface area (Å²) in [7, 11) is 0. The van der Waals surface area contributed by atoms with Crippen molar-refractivity contribution in [3.05, 3.63) is 66.0 Å². The Bertz CT molecular complexity index is 931. The molecule has 3 aromatic rings. The van der Waals surface area contributed by atoms with Crippen LogP contribution in [0.5, 0.6) is 0 Å². The van der Waals surface area contributed by atoms with Crippen LogP contribution in [-0.4, -0.2) is 32.6 Å². The van der Waals surface area contributed by atoms with Crippen LogP contribution in [0.2, 0.25) is 0 Å². The number of carbonyl (C=O) groups is 1. The Labute approximate surface area is 167 Å². The van der Waals surface area contributed by atoms with Gasteiger partial charge in [0.1, 0.15) is 5.82 Å². The van der Waals surface area contributed by atoms with Gasteiger partial charge in [-0.3, -0.25) is 4.79 Å². The van der Waals surface area contributed by atoms with Crippen LogP contribution < -0.4 is 11.2 Å². The van der Waals surface area contributed by atoms with Gasteiger partial charge < -0.3 is 11.2 Å². The fourth-order valence-electron chi connectivity index (χ4n) is 2.75. The lowest BCUT2D eigenvalue weighted by molar-refractivity contribution is -0.119. The molecular formula is C20H22FN5OS. The van der Waals surface area contributed by atoms with E-state index in [2.05, 4.69) is 27.6 Å². The van der Waals surface area contributed by atoms with E-state index in [0.717, 1.165) is 12.8 Å². The van der Waals surface area contributed by atoms with Crippen LogP contribution in [0.25, 0.3) is 11.4 Å². The summed E-state index contributed by atoms with van der Waals surface area (Å²) < 4.78 is 14.7. The van der Waals surface area contributed by atoms with Crippen molar-refractivity contribution < 1.29 is 9.18 Å². The highest BCUT2D eigenvalue weighted by Gasteiger charge is 2.15. The van der Waals surface area contributed by atoms with Crippen LogP contribution in [0, 0.1) is 5.82 Å². The van der Waals surface area contributed by atoms with Gasteiger partial charge in [0.2, 0.25) is 11.1 Å². The lowest BCUT2D eigenvalue weighted by Crippen LogP contribution is -2.34. The molecule has 28 heavy (non-hydrogen) atoms. The van der Waals surface area contributed by atoms with Gasteiger partial charge in [0.25, 0.3) is 0 Å². The number of hydrogen-bond donors (Lipinski definition) is 2. The first-order valence-corrected chi connectivity index (χ1v) is 9.94. The van der Waals surface area contributed by atoms with E-state index < -0.39 is 0 Å². The number of nitrogens with zero attached hydrogens (tertiary/aromatic N) is 3. The summed E-state index contributed by atoms with van der Waals surface area (Å²) in [6.45, 7) is 1.99. The summed E-state index contributed by atoms with van der Waals surface area (Å²) in [5, 5.41) is 11.4. The average molecular weight is 399 g/mol. The third kappa shape index (κ3) is 5.32. The third-order valence-electron chi connectivity index (χ3n) is 4.20. The monoisotopic (exact) mass is 399 g/mol. The van der Waals surface area contributed by atoms with Crippen LogP contribution in [0.15, 0.2) is 59.8 Å². The van der Waals surface area contributed by atoms with Crippen LogP contribution in [0.3, 0.4) is 0 Å². The molecule has 0 radical (unpaired) electrons. The molecule has 1 atom stereocenters. The number of halogens is 1. The lowest BCUT2D eigenvalue weighted by atomic mass is 10.1. The Hall–Kier alpha value is -2.87. The summed E-state index contributed by atoms with van der Waals surface area (Å²) in [5.74, 6) is 6.05. The number of nitrogen functional groups attached to an aromatic ring is 1. The Kier molecular flexibility index (Phi) is 6.65. The number of thioether (sulfide) groups is 1. The zero-order valence-corrected chi connectivity index (χ0v) is 16.3. The minimum atomic E-state index is -0.376. The topological polar surface area (TPSA) is 85.8 Å². The highest BCUT2D eigenvalue weighted by molar-refractivity contribution is 7.99. The summed E-state index contributed by atoms with van der Waals surface area (Å²) in [5.41, 5.74) is 1.78. The quantitative estimate of drug-likeness (QED) is 0.449. The van der Waals surface area contributed by atoms with Crippen molar-refractivity contribution in [2.45, 2.75) is 31.0 Å². The third-order valence-corrected chi connectivity index (χ3v) is 5.14. The molecule has 0 fully saturated rings. The molecular weight excluding hydrogens is 377 g/mol. The number of benzene rings is 2. The molecule has 0 saturated heterocycles. The van der Waals surface area contributed by atoms with E-state index >= 15 is 0 Å². The molecule has 0 aliphatic carbocycles. The van der Waals surface area contributed by atoms with E-state index in [4.69, 9.17) is 5.84 Å². The van der Waals surface area contributed by atoms with Crippen molar-refractivity contribution in [2.75, 3.05) is 11.6 Å². The molecule has 0 aliphatic heterocycles. The minimum Gasteiger partial charge on any atom is -0.353 e. The molecule has 1 heterocycles. The molecule has 0 aliphatic rings. The normalized spacial score (nSPS) is 11.9. The average Bonchev–Trinajstić information content (AvgIpc) is 3.06. The van der Waals surface area contributed by atoms with Gasteiger partial charge in [-0.1, -0.05) is 54.2 Å². The maximum atomic E-state index is 13.4. The van der Waals surface area contributed by atoms with Gasteiger partial charge in [0, 0.05) is 11.6 Å². The van der Waals surface area contributed by atoms with E-state index in [1.807, 2.05) is 25.1 Å². The van der Waals surface area contributed by atoms with Crippen molar-refractivity contribution >= 4 is 17.7 Å². The maximum Gasteiger partial charge on any atom is 0.230 e. The SMILES string of the molecule is C[C@H](CCc1ccccc1)NC(=O)CSc1nnc(-c2cccc(F)c2)n1N. The molecule has 2 aromatic carbocycles. The largest absolute Gasteiger partial charge is 0.353 e. The van der Waals surface area contributed by atoms with E-state index in [1.165, 1.54) is 34.1 Å². The number of hydrogen-bond acceptors (Lipinski definition) is 5. The van der Waals surface area contributed by atoms with E-state index in [9.17, 15) is 9.18 Å². The molecule has 3 N–H and O–H groups in total. The van der Waals surface area contributed by atoms with E-state index in [0.29, 0.717) is 16.5 Å². The van der Waals surface area contributed by atoms with Crippen LogP contribution >= 0.6 is 11.8 Å². The van der Waals surface area contributed by atoms with E-state index in [-0.39, 0.29) is 23.5 Å². The Morgan fingerprint density at radius 3 is 2.75 bits per heavy atom. The number of amides is 1. The molecule has 0 unspecified atom stereocenters. The summed E-state index contributed by atoms with van der Waals surface area (Å²) in [6.07, 6.45) is 1.76. The number of carbonyl (C=O) groups excluding carboxylic acids is 1. The van der Waals surface area contributed by atoms with Crippen molar-refractivity contribution in [2.24, 2.45) is 0 Å². The first-order chi connectivity index (χ1) is 13.5. The zero-order valence-electron chi connectivity index (χ0n) is 15.5. The van der Waals surface area contributed by atoms with Crippen molar-refractivity contribution in [3.8, 4) is 11.4 Å². The predicted octanol–water partition coefficient (Wildman–Crippen LogP) is 3.03. The number of aryl methyl sites for hydroxylation is 1. The van der Waals surface area contributed by atoms with Gasteiger partial charge in [-0.25, -0.2) is 9.07 Å². The second-order valence-corrected chi connectivity index (χ2v) is 7.41. The smallest absolute Gasteiger partial charge is 0.230 e. The zero-order chi connectivity index (χ0) is 19.9. The molecule has 8 heteroatoms. The molecule has 3 rings (SSSR count). The predicted molar refractivity (Wildman–Crippen MR) is 109 cm³/mol. The molecule has 0 spiro atoms. The van der Waals surface area contributed by atoms with Gasteiger partial charge in [0.15, 0.2) is 5.82 Å². The first-order valence-electron chi connectivity index (χ1n) is 8.95. The first kappa shape index (κ1) is 19.9. The molecule has 0 saturated carbocycles. The van der Waals surface area contributed by atoms with Gasteiger partial charge in [-0.05, 0) is 37.5 Å². The van der Waals surface area contributed by atoms with Crippen molar-refractivity contribution in [1.82, 2.24) is 20.2 Å². The number of rotatable bonds is 8. The number of nitrogens with one attached hydrogen (secondary N) is 1. The second kappa shape index (κ2) is 9.36. The van der Waals surface area contributed by atoms with Gasteiger partial charge in [-0.15, -0.1) is 10.2 Å². The standard InChI is InChI=1S/C20H22FN5OS/c1-14(10-11-15-6-3-2-4-7-15)23-18(27)13-28-20-25-24-19(26(20)22)16-8-5-9-17(21)12-16/h2-9,12,14H,10-11,13,22H2,1H3,(H,23,27)/t14-/m1/s1. The fraction of sp³-hybridized carbons (Fsp3) is 0.250. The van der Waals surface area contributed by atoms with Gasteiger partial charge in [-0.2, -0.15) is 0 Å².